The highest BCUT2D eigenvalue weighted by Crippen LogP contribution is 2.20. The van der Waals surface area contributed by atoms with Gasteiger partial charge in [0.05, 0.1) is 5.56 Å². The Morgan fingerprint density at radius 1 is 1.53 bits per heavy atom. The van der Waals surface area contributed by atoms with Crippen molar-refractivity contribution in [2.24, 2.45) is 0 Å². The van der Waals surface area contributed by atoms with E-state index in [-0.39, 0.29) is 11.9 Å². The Bertz CT molecular complexity index is 421. The predicted molar refractivity (Wildman–Crippen MR) is 71.9 cm³/mol. The highest BCUT2D eigenvalue weighted by molar-refractivity contribution is 9.10. The number of amides is 1. The highest BCUT2D eigenvalue weighted by Gasteiger charge is 2.18. The molecular formula is C12H13BrFNOS. The maximum Gasteiger partial charge on any atom is 0.252 e. The maximum absolute atomic E-state index is 13.1. The first-order valence-electron chi connectivity index (χ1n) is 5.50. The summed E-state index contributed by atoms with van der Waals surface area (Å²) in [5, 5.41) is 2.95. The molecule has 0 radical (unpaired) electrons. The molecule has 1 amide bonds. The van der Waals surface area contributed by atoms with Gasteiger partial charge in [-0.3, -0.25) is 4.79 Å². The summed E-state index contributed by atoms with van der Waals surface area (Å²) >= 11 is 5.11. The molecule has 0 aromatic heterocycles. The van der Waals surface area contributed by atoms with Crippen LogP contribution in [0.1, 0.15) is 23.2 Å². The summed E-state index contributed by atoms with van der Waals surface area (Å²) in [4.78, 5) is 12.0. The summed E-state index contributed by atoms with van der Waals surface area (Å²) in [5.74, 6) is 1.51. The zero-order valence-electron chi connectivity index (χ0n) is 9.21. The summed E-state index contributed by atoms with van der Waals surface area (Å²) in [5.41, 5.74) is 0.362. The molecule has 1 heterocycles. The van der Waals surface area contributed by atoms with Gasteiger partial charge >= 0.3 is 0 Å². The zero-order chi connectivity index (χ0) is 12.3. The van der Waals surface area contributed by atoms with Gasteiger partial charge in [-0.25, -0.2) is 4.39 Å². The zero-order valence-corrected chi connectivity index (χ0v) is 11.6. The largest absolute Gasteiger partial charge is 0.348 e. The molecule has 0 aliphatic carbocycles. The van der Waals surface area contributed by atoms with Gasteiger partial charge in [-0.05, 0) is 52.7 Å². The molecule has 5 heteroatoms. The average molecular weight is 318 g/mol. The summed E-state index contributed by atoms with van der Waals surface area (Å²) in [6, 6.07) is 4.35. The van der Waals surface area contributed by atoms with Crippen molar-refractivity contribution in [1.82, 2.24) is 5.32 Å². The first-order chi connectivity index (χ1) is 8.16. The van der Waals surface area contributed by atoms with Crippen LogP contribution in [0, 0.1) is 5.82 Å². The van der Waals surface area contributed by atoms with E-state index in [2.05, 4.69) is 21.2 Å². The molecule has 0 saturated carbocycles. The Balaban J connectivity index is 2.05. The van der Waals surface area contributed by atoms with Gasteiger partial charge in [0.25, 0.3) is 5.91 Å². The number of thioether (sulfide) groups is 1. The molecule has 1 N–H and O–H groups in total. The lowest BCUT2D eigenvalue weighted by molar-refractivity contribution is 0.0937. The summed E-state index contributed by atoms with van der Waals surface area (Å²) in [6.07, 6.45) is 2.13. The molecule has 92 valence electrons. The molecule has 2 rings (SSSR count). The van der Waals surface area contributed by atoms with Crippen LogP contribution in [0.5, 0.6) is 0 Å². The minimum atomic E-state index is -0.392. The molecule has 1 aromatic rings. The first kappa shape index (κ1) is 12.9. The van der Waals surface area contributed by atoms with Crippen molar-refractivity contribution in [3.8, 4) is 0 Å². The van der Waals surface area contributed by atoms with Crippen molar-refractivity contribution in [1.29, 1.82) is 0 Å². The first-order valence-corrected chi connectivity index (χ1v) is 7.45. The van der Waals surface area contributed by atoms with Crippen molar-refractivity contribution in [3.63, 3.8) is 0 Å². The molecule has 0 bridgehead atoms. The van der Waals surface area contributed by atoms with Gasteiger partial charge in [0, 0.05) is 16.3 Å². The average Bonchev–Trinajstić information content (AvgIpc) is 2.33. The van der Waals surface area contributed by atoms with Gasteiger partial charge in [-0.15, -0.1) is 0 Å². The summed E-state index contributed by atoms with van der Waals surface area (Å²) < 4.78 is 13.7. The van der Waals surface area contributed by atoms with Crippen LogP contribution in [0.15, 0.2) is 22.7 Å². The van der Waals surface area contributed by atoms with Crippen LogP contribution in [0.2, 0.25) is 0 Å². The Morgan fingerprint density at radius 3 is 3.06 bits per heavy atom. The van der Waals surface area contributed by atoms with E-state index in [4.69, 9.17) is 0 Å². The van der Waals surface area contributed by atoms with Crippen LogP contribution in [0.25, 0.3) is 0 Å². The van der Waals surface area contributed by atoms with E-state index in [1.54, 1.807) is 6.07 Å². The quantitative estimate of drug-likeness (QED) is 0.907. The Hall–Kier alpha value is -0.550. The summed E-state index contributed by atoms with van der Waals surface area (Å²) in [7, 11) is 0. The smallest absolute Gasteiger partial charge is 0.252 e. The molecule has 1 unspecified atom stereocenters. The van der Waals surface area contributed by atoms with E-state index in [1.807, 2.05) is 11.8 Å². The van der Waals surface area contributed by atoms with Crippen LogP contribution in [-0.4, -0.2) is 23.5 Å². The van der Waals surface area contributed by atoms with Crippen molar-refractivity contribution < 1.29 is 9.18 Å². The molecular weight excluding hydrogens is 305 g/mol. The monoisotopic (exact) mass is 317 g/mol. The fourth-order valence-corrected chi connectivity index (χ4v) is 3.29. The van der Waals surface area contributed by atoms with E-state index in [1.165, 1.54) is 12.1 Å². The number of carbonyl (C=O) groups is 1. The molecule has 0 spiro atoms. The third-order valence-corrected chi connectivity index (χ3v) is 4.58. The molecule has 1 aromatic carbocycles. The lowest BCUT2D eigenvalue weighted by Crippen LogP contribution is -2.38. The molecule has 1 aliphatic rings. The van der Waals surface area contributed by atoms with Crippen molar-refractivity contribution in [2.45, 2.75) is 18.9 Å². The topological polar surface area (TPSA) is 29.1 Å². The number of hydrogen-bond donors (Lipinski definition) is 1. The Morgan fingerprint density at radius 2 is 2.35 bits per heavy atom. The van der Waals surface area contributed by atoms with Crippen LogP contribution in [-0.2, 0) is 0 Å². The van der Waals surface area contributed by atoms with Crippen LogP contribution in [0.4, 0.5) is 4.39 Å². The number of rotatable bonds is 2. The van der Waals surface area contributed by atoms with Gasteiger partial charge in [-0.2, -0.15) is 11.8 Å². The molecule has 17 heavy (non-hydrogen) atoms. The number of hydrogen-bond acceptors (Lipinski definition) is 2. The normalized spacial score (nSPS) is 20.0. The van der Waals surface area contributed by atoms with Gasteiger partial charge in [0.2, 0.25) is 0 Å². The standard InChI is InChI=1S/C12H13BrFNOS/c13-11-4-3-8(14)6-10(11)12(16)15-9-2-1-5-17-7-9/h3-4,6,9H,1-2,5,7H2,(H,15,16). The molecule has 1 aliphatic heterocycles. The third-order valence-electron chi connectivity index (χ3n) is 2.67. The van der Waals surface area contributed by atoms with E-state index in [0.29, 0.717) is 10.0 Å². The van der Waals surface area contributed by atoms with Gasteiger partial charge in [-0.1, -0.05) is 0 Å². The molecule has 1 saturated heterocycles. The Kier molecular flexibility index (Phi) is 4.45. The molecule has 1 fully saturated rings. The molecule has 2 nitrogen and oxygen atoms in total. The van der Waals surface area contributed by atoms with Crippen LogP contribution < -0.4 is 5.32 Å². The maximum atomic E-state index is 13.1. The number of benzene rings is 1. The van der Waals surface area contributed by atoms with Crippen molar-refractivity contribution >= 4 is 33.6 Å². The minimum Gasteiger partial charge on any atom is -0.348 e. The van der Waals surface area contributed by atoms with Crippen LogP contribution in [0.3, 0.4) is 0 Å². The molecule has 1 atom stereocenters. The second-order valence-electron chi connectivity index (χ2n) is 4.01. The SMILES string of the molecule is O=C(NC1CCCSC1)c1cc(F)ccc1Br. The van der Waals surface area contributed by atoms with Crippen molar-refractivity contribution in [3.05, 3.63) is 34.1 Å². The van der Waals surface area contributed by atoms with Gasteiger partial charge in [0.15, 0.2) is 0 Å². The van der Waals surface area contributed by atoms with Crippen LogP contribution >= 0.6 is 27.7 Å². The minimum absolute atomic E-state index is 0.205. The van der Waals surface area contributed by atoms with E-state index >= 15 is 0 Å². The third kappa shape index (κ3) is 3.45. The van der Waals surface area contributed by atoms with Gasteiger partial charge in [0.1, 0.15) is 5.82 Å². The second kappa shape index (κ2) is 5.87. The number of halogens is 2. The lowest BCUT2D eigenvalue weighted by Gasteiger charge is -2.22. The van der Waals surface area contributed by atoms with E-state index < -0.39 is 5.82 Å². The number of nitrogens with one attached hydrogen (secondary N) is 1. The van der Waals surface area contributed by atoms with E-state index in [0.717, 1.165) is 24.3 Å². The number of carbonyl (C=O) groups excluding carboxylic acids is 1. The summed E-state index contributed by atoms with van der Waals surface area (Å²) in [6.45, 7) is 0. The fourth-order valence-electron chi connectivity index (χ4n) is 1.79. The highest BCUT2D eigenvalue weighted by atomic mass is 79.9. The van der Waals surface area contributed by atoms with Crippen molar-refractivity contribution in [2.75, 3.05) is 11.5 Å². The second-order valence-corrected chi connectivity index (χ2v) is 6.02. The van der Waals surface area contributed by atoms with Gasteiger partial charge < -0.3 is 5.32 Å². The predicted octanol–water partition coefficient (Wildman–Crippen LogP) is 3.21. The lowest BCUT2D eigenvalue weighted by atomic mass is 10.1. The van der Waals surface area contributed by atoms with E-state index in [9.17, 15) is 9.18 Å². The Labute approximate surface area is 112 Å². The fraction of sp³-hybridized carbons (Fsp3) is 0.417.